The molecule has 0 saturated heterocycles. The maximum atomic E-state index is 4.77. The first-order chi connectivity index (χ1) is 13.2. The Morgan fingerprint density at radius 1 is 0.593 bits per heavy atom. The monoisotopic (exact) mass is 474 g/mol. The Morgan fingerprint density at radius 2 is 1.04 bits per heavy atom. The van der Waals surface area contributed by atoms with Crippen LogP contribution in [0.2, 0.25) is 0 Å². The number of rotatable bonds is 0. The average Bonchev–Trinajstić information content (AvgIpc) is 3.14. The van der Waals surface area contributed by atoms with Crippen LogP contribution in [0.3, 0.4) is 0 Å². The summed E-state index contributed by atoms with van der Waals surface area (Å²) in [5.74, 6) is 0. The molecule has 0 radical (unpaired) electrons. The first kappa shape index (κ1) is 15.7. The lowest BCUT2D eigenvalue weighted by atomic mass is 9.71. The van der Waals surface area contributed by atoms with Gasteiger partial charge in [-0.05, 0) is 66.2 Å². The molecule has 27 heavy (non-hydrogen) atoms. The van der Waals surface area contributed by atoms with Crippen molar-refractivity contribution < 1.29 is 0 Å². The standard InChI is InChI=1S/C23H12Br2N2/c24-13-9-19-21(26-11-13)22-20(10-14(25)12-27-22)23(19)17-7-3-1-5-15(17)16-6-2-4-8-18(16)23/h1-12H. The molecule has 0 N–H and O–H groups in total. The zero-order valence-corrected chi connectivity index (χ0v) is 17.3. The molecule has 6 rings (SSSR count). The molecule has 2 aliphatic carbocycles. The van der Waals surface area contributed by atoms with Gasteiger partial charge in [-0.3, -0.25) is 9.97 Å². The molecule has 0 atom stereocenters. The fourth-order valence-electron chi connectivity index (χ4n) is 4.79. The molecular weight excluding hydrogens is 464 g/mol. The van der Waals surface area contributed by atoms with Gasteiger partial charge in [-0.2, -0.15) is 0 Å². The molecule has 0 saturated carbocycles. The van der Waals surface area contributed by atoms with E-state index in [2.05, 4.69) is 92.5 Å². The second-order valence-electron chi connectivity index (χ2n) is 6.94. The molecule has 4 heteroatoms. The summed E-state index contributed by atoms with van der Waals surface area (Å²) >= 11 is 7.28. The van der Waals surface area contributed by atoms with Crippen molar-refractivity contribution in [2.24, 2.45) is 0 Å². The molecule has 2 aromatic heterocycles. The van der Waals surface area contributed by atoms with E-state index in [0.717, 1.165) is 20.3 Å². The van der Waals surface area contributed by atoms with E-state index >= 15 is 0 Å². The number of benzene rings is 2. The van der Waals surface area contributed by atoms with Gasteiger partial charge in [0, 0.05) is 32.5 Å². The first-order valence-corrected chi connectivity index (χ1v) is 10.3. The van der Waals surface area contributed by atoms with E-state index in [1.165, 1.54) is 33.4 Å². The predicted molar refractivity (Wildman–Crippen MR) is 114 cm³/mol. The van der Waals surface area contributed by atoms with Gasteiger partial charge in [0.2, 0.25) is 0 Å². The Labute approximate surface area is 173 Å². The van der Waals surface area contributed by atoms with Crippen molar-refractivity contribution in [2.45, 2.75) is 5.41 Å². The maximum absolute atomic E-state index is 4.77. The van der Waals surface area contributed by atoms with E-state index in [9.17, 15) is 0 Å². The van der Waals surface area contributed by atoms with Crippen molar-refractivity contribution in [3.63, 3.8) is 0 Å². The Bertz CT molecular complexity index is 1160. The van der Waals surface area contributed by atoms with Crippen LogP contribution >= 0.6 is 31.9 Å². The SMILES string of the molecule is Brc1cnc2c(c1)C1(c3ccccc3-c3ccccc31)c1cc(Br)cnc1-2. The van der Waals surface area contributed by atoms with Gasteiger partial charge in [0.1, 0.15) is 0 Å². The van der Waals surface area contributed by atoms with Gasteiger partial charge >= 0.3 is 0 Å². The minimum Gasteiger partial charge on any atom is -0.253 e. The molecule has 4 aromatic rings. The minimum atomic E-state index is -0.384. The highest BCUT2D eigenvalue weighted by Crippen LogP contribution is 2.62. The summed E-state index contributed by atoms with van der Waals surface area (Å²) in [5.41, 5.74) is 9.09. The van der Waals surface area contributed by atoms with Gasteiger partial charge in [-0.1, -0.05) is 48.5 Å². The second kappa shape index (κ2) is 5.37. The molecular formula is C23H12Br2N2. The number of hydrogen-bond donors (Lipinski definition) is 0. The Kier molecular flexibility index (Phi) is 3.13. The van der Waals surface area contributed by atoms with E-state index in [-0.39, 0.29) is 5.41 Å². The van der Waals surface area contributed by atoms with Gasteiger partial charge in [0.15, 0.2) is 0 Å². The third-order valence-electron chi connectivity index (χ3n) is 5.69. The van der Waals surface area contributed by atoms with Gasteiger partial charge in [-0.15, -0.1) is 0 Å². The molecule has 2 heterocycles. The van der Waals surface area contributed by atoms with Crippen LogP contribution in [0.1, 0.15) is 22.3 Å². The van der Waals surface area contributed by atoms with Crippen LogP contribution in [0, 0.1) is 0 Å². The van der Waals surface area contributed by atoms with E-state index in [1.54, 1.807) is 0 Å². The average molecular weight is 476 g/mol. The van der Waals surface area contributed by atoms with Crippen molar-refractivity contribution in [3.05, 3.63) is 104 Å². The van der Waals surface area contributed by atoms with Crippen LogP contribution in [0.15, 0.2) is 82.0 Å². The molecule has 0 amide bonds. The van der Waals surface area contributed by atoms with Crippen LogP contribution in [-0.2, 0) is 5.41 Å². The zero-order chi connectivity index (χ0) is 18.2. The van der Waals surface area contributed by atoms with Crippen LogP contribution in [0.4, 0.5) is 0 Å². The number of fused-ring (bicyclic) bond motifs is 10. The molecule has 0 unspecified atom stereocenters. The topological polar surface area (TPSA) is 25.8 Å². The summed E-state index contributed by atoms with van der Waals surface area (Å²) in [6, 6.07) is 21.8. The molecule has 2 aromatic carbocycles. The van der Waals surface area contributed by atoms with Crippen LogP contribution in [0.5, 0.6) is 0 Å². The van der Waals surface area contributed by atoms with Gasteiger partial charge in [0.25, 0.3) is 0 Å². The molecule has 0 fully saturated rings. The van der Waals surface area contributed by atoms with Gasteiger partial charge in [0.05, 0.1) is 16.8 Å². The van der Waals surface area contributed by atoms with E-state index in [1.807, 2.05) is 12.4 Å². The normalized spacial score (nSPS) is 14.6. The largest absolute Gasteiger partial charge is 0.253 e. The number of aromatic nitrogens is 2. The number of halogens is 2. The Morgan fingerprint density at radius 3 is 1.52 bits per heavy atom. The second-order valence-corrected chi connectivity index (χ2v) is 8.77. The van der Waals surface area contributed by atoms with Crippen LogP contribution < -0.4 is 0 Å². The summed E-state index contributed by atoms with van der Waals surface area (Å²) in [5, 5.41) is 0. The summed E-state index contributed by atoms with van der Waals surface area (Å²) in [7, 11) is 0. The van der Waals surface area contributed by atoms with E-state index in [0.29, 0.717) is 0 Å². The zero-order valence-electron chi connectivity index (χ0n) is 14.1. The Balaban J connectivity index is 1.88. The quantitative estimate of drug-likeness (QED) is 0.256. The molecule has 2 nitrogen and oxygen atoms in total. The van der Waals surface area contributed by atoms with Gasteiger partial charge < -0.3 is 0 Å². The predicted octanol–water partition coefficient (Wildman–Crippen LogP) is 6.35. The van der Waals surface area contributed by atoms with Crippen molar-refractivity contribution in [3.8, 4) is 22.5 Å². The lowest BCUT2D eigenvalue weighted by Crippen LogP contribution is -2.26. The number of nitrogens with zero attached hydrogens (tertiary/aromatic N) is 2. The van der Waals surface area contributed by atoms with Crippen molar-refractivity contribution in [1.29, 1.82) is 0 Å². The smallest absolute Gasteiger partial charge is 0.0938 e. The van der Waals surface area contributed by atoms with Crippen molar-refractivity contribution >= 4 is 31.9 Å². The lowest BCUT2D eigenvalue weighted by molar-refractivity contribution is 0.788. The fourth-order valence-corrected chi connectivity index (χ4v) is 5.45. The molecule has 0 bridgehead atoms. The fraction of sp³-hybridized carbons (Fsp3) is 0.0435. The summed E-state index contributed by atoms with van der Waals surface area (Å²) in [6.45, 7) is 0. The van der Waals surface area contributed by atoms with E-state index < -0.39 is 0 Å². The third kappa shape index (κ3) is 1.85. The number of pyridine rings is 2. The first-order valence-electron chi connectivity index (χ1n) is 8.73. The number of hydrogen-bond acceptors (Lipinski definition) is 2. The summed E-state index contributed by atoms with van der Waals surface area (Å²) < 4.78 is 1.96. The molecule has 1 spiro atoms. The minimum absolute atomic E-state index is 0.384. The Hall–Kier alpha value is -2.30. The van der Waals surface area contributed by atoms with E-state index in [4.69, 9.17) is 9.97 Å². The maximum Gasteiger partial charge on any atom is 0.0938 e. The molecule has 0 aliphatic heterocycles. The lowest BCUT2D eigenvalue weighted by Gasteiger charge is -2.29. The summed E-state index contributed by atoms with van der Waals surface area (Å²) in [4.78, 5) is 9.54. The third-order valence-corrected chi connectivity index (χ3v) is 6.56. The van der Waals surface area contributed by atoms with Crippen LogP contribution in [-0.4, -0.2) is 9.97 Å². The van der Waals surface area contributed by atoms with Crippen LogP contribution in [0.25, 0.3) is 22.5 Å². The highest BCUT2D eigenvalue weighted by molar-refractivity contribution is 9.10. The molecule has 128 valence electrons. The van der Waals surface area contributed by atoms with Crippen molar-refractivity contribution in [1.82, 2.24) is 9.97 Å². The molecule has 2 aliphatic rings. The van der Waals surface area contributed by atoms with Gasteiger partial charge in [-0.25, -0.2) is 0 Å². The highest BCUT2D eigenvalue weighted by Gasteiger charge is 2.52. The summed E-state index contributed by atoms with van der Waals surface area (Å²) in [6.07, 6.45) is 3.72. The highest BCUT2D eigenvalue weighted by atomic mass is 79.9. The van der Waals surface area contributed by atoms with Crippen molar-refractivity contribution in [2.75, 3.05) is 0 Å².